The fraction of sp³-hybridized carbons (Fsp3) is 0.455. The first-order valence-electron chi connectivity index (χ1n) is 9.96. The molecule has 1 aromatic rings. The van der Waals surface area contributed by atoms with Crippen molar-refractivity contribution in [1.29, 1.82) is 5.26 Å². The van der Waals surface area contributed by atoms with E-state index in [-0.39, 0.29) is 17.4 Å². The predicted molar refractivity (Wildman–Crippen MR) is 116 cm³/mol. The molecular weight excluding hydrogens is 364 g/mol. The first-order valence-corrected chi connectivity index (χ1v) is 9.96. The van der Waals surface area contributed by atoms with Gasteiger partial charge in [-0.25, -0.2) is 0 Å². The Morgan fingerprint density at radius 2 is 2.24 bits per heavy atom. The molecule has 1 amide bonds. The Morgan fingerprint density at radius 1 is 1.48 bits per heavy atom. The van der Waals surface area contributed by atoms with Crippen LogP contribution in [0.25, 0.3) is 0 Å². The van der Waals surface area contributed by atoms with Crippen LogP contribution in [0.15, 0.2) is 43.4 Å². The van der Waals surface area contributed by atoms with E-state index in [0.29, 0.717) is 6.54 Å². The monoisotopic (exact) mass is 394 g/mol. The van der Waals surface area contributed by atoms with Crippen molar-refractivity contribution in [2.45, 2.75) is 25.9 Å². The standard InChI is InChI=1S/C22H30N6O/c1-5-26(4)14-18-12-19(28-10-8-22(21(28)29)15-25-16-22)6-7-20(18)27(11-9-24-3)17(2)13-23/h5-7,9,11-12,17,24-25H,1,8,10,14-16H2,2-4H3/b11-9-. The van der Waals surface area contributed by atoms with E-state index in [0.717, 1.165) is 43.0 Å². The van der Waals surface area contributed by atoms with Gasteiger partial charge in [0.1, 0.15) is 6.04 Å². The van der Waals surface area contributed by atoms with Crippen LogP contribution in [-0.4, -0.2) is 50.6 Å². The van der Waals surface area contributed by atoms with Crippen LogP contribution in [0.4, 0.5) is 11.4 Å². The molecule has 1 aromatic carbocycles. The highest BCUT2D eigenvalue weighted by molar-refractivity contribution is 6.01. The van der Waals surface area contributed by atoms with E-state index in [9.17, 15) is 10.1 Å². The Bertz CT molecular complexity index is 838. The zero-order valence-corrected chi connectivity index (χ0v) is 17.5. The van der Waals surface area contributed by atoms with Crippen molar-refractivity contribution >= 4 is 17.3 Å². The van der Waals surface area contributed by atoms with Crippen LogP contribution in [0.2, 0.25) is 0 Å². The summed E-state index contributed by atoms with van der Waals surface area (Å²) in [7, 11) is 3.78. The summed E-state index contributed by atoms with van der Waals surface area (Å²) in [4.78, 5) is 18.8. The Morgan fingerprint density at radius 3 is 2.79 bits per heavy atom. The van der Waals surface area contributed by atoms with Gasteiger partial charge in [-0.3, -0.25) is 4.79 Å². The molecule has 2 saturated heterocycles. The molecule has 2 aliphatic rings. The number of hydrogen-bond acceptors (Lipinski definition) is 6. The van der Waals surface area contributed by atoms with Crippen molar-refractivity contribution in [1.82, 2.24) is 15.5 Å². The van der Waals surface area contributed by atoms with Gasteiger partial charge in [-0.1, -0.05) is 6.58 Å². The summed E-state index contributed by atoms with van der Waals surface area (Å²) in [6.07, 6.45) is 6.34. The molecule has 0 bridgehead atoms. The maximum Gasteiger partial charge on any atom is 0.235 e. The molecule has 154 valence electrons. The van der Waals surface area contributed by atoms with Crippen LogP contribution in [0.1, 0.15) is 18.9 Å². The van der Waals surface area contributed by atoms with Gasteiger partial charge in [-0.15, -0.1) is 0 Å². The summed E-state index contributed by atoms with van der Waals surface area (Å²) in [5.41, 5.74) is 2.67. The number of carbonyl (C=O) groups is 1. The maximum absolute atomic E-state index is 13.0. The molecule has 0 radical (unpaired) electrons. The summed E-state index contributed by atoms with van der Waals surface area (Å²) < 4.78 is 0. The van der Waals surface area contributed by atoms with Crippen LogP contribution in [-0.2, 0) is 11.3 Å². The minimum absolute atomic E-state index is 0.212. The summed E-state index contributed by atoms with van der Waals surface area (Å²) >= 11 is 0. The molecule has 7 nitrogen and oxygen atoms in total. The van der Waals surface area contributed by atoms with Crippen LogP contribution in [0.5, 0.6) is 0 Å². The van der Waals surface area contributed by atoms with Crippen molar-refractivity contribution in [3.05, 3.63) is 48.9 Å². The third kappa shape index (κ3) is 3.94. The lowest BCUT2D eigenvalue weighted by atomic mass is 9.80. The van der Waals surface area contributed by atoms with Crippen LogP contribution >= 0.6 is 0 Å². The summed E-state index contributed by atoms with van der Waals surface area (Å²) in [6.45, 7) is 8.63. The molecule has 29 heavy (non-hydrogen) atoms. The van der Waals surface area contributed by atoms with Gasteiger partial charge in [-0.2, -0.15) is 5.26 Å². The fourth-order valence-electron chi connectivity index (χ4n) is 3.91. The second-order valence-electron chi connectivity index (χ2n) is 7.82. The largest absolute Gasteiger partial charge is 0.393 e. The lowest BCUT2D eigenvalue weighted by Gasteiger charge is -2.37. The number of nitrogens with one attached hydrogen (secondary N) is 2. The van der Waals surface area contributed by atoms with E-state index < -0.39 is 0 Å². The molecule has 0 saturated carbocycles. The van der Waals surface area contributed by atoms with Crippen LogP contribution in [0, 0.1) is 16.7 Å². The molecule has 2 aliphatic heterocycles. The van der Waals surface area contributed by atoms with Crippen molar-refractivity contribution in [3.8, 4) is 6.07 Å². The van der Waals surface area contributed by atoms with E-state index in [2.05, 4.69) is 29.3 Å². The number of hydrogen-bond donors (Lipinski definition) is 2. The number of benzene rings is 1. The van der Waals surface area contributed by atoms with Gasteiger partial charge in [0.2, 0.25) is 5.91 Å². The van der Waals surface area contributed by atoms with Crippen molar-refractivity contribution in [2.75, 3.05) is 43.5 Å². The van der Waals surface area contributed by atoms with Gasteiger partial charge in [0.05, 0.1) is 11.5 Å². The van der Waals surface area contributed by atoms with Gasteiger partial charge < -0.3 is 25.3 Å². The third-order valence-corrected chi connectivity index (χ3v) is 5.83. The molecular formula is C22H30N6O. The average molecular weight is 395 g/mol. The first kappa shape index (κ1) is 20.7. The van der Waals surface area contributed by atoms with Crippen molar-refractivity contribution < 1.29 is 4.79 Å². The van der Waals surface area contributed by atoms with Crippen molar-refractivity contribution in [2.24, 2.45) is 5.41 Å². The number of rotatable bonds is 8. The summed E-state index contributed by atoms with van der Waals surface area (Å²) in [5, 5.41) is 15.7. The molecule has 1 unspecified atom stereocenters. The molecule has 0 aliphatic carbocycles. The molecule has 7 heteroatoms. The van der Waals surface area contributed by atoms with E-state index in [4.69, 9.17) is 0 Å². The lowest BCUT2D eigenvalue weighted by molar-refractivity contribution is -0.127. The van der Waals surface area contributed by atoms with Gasteiger partial charge in [0, 0.05) is 64.0 Å². The quantitative estimate of drug-likeness (QED) is 0.703. The predicted octanol–water partition coefficient (Wildman–Crippen LogP) is 2.00. The Hall–Kier alpha value is -2.98. The zero-order chi connectivity index (χ0) is 21.0. The van der Waals surface area contributed by atoms with Gasteiger partial charge >= 0.3 is 0 Å². The number of nitriles is 1. The smallest absolute Gasteiger partial charge is 0.235 e. The molecule has 1 spiro atoms. The zero-order valence-electron chi connectivity index (χ0n) is 17.5. The molecule has 2 heterocycles. The minimum Gasteiger partial charge on any atom is -0.393 e. The maximum atomic E-state index is 13.0. The normalized spacial score (nSPS) is 18.4. The average Bonchev–Trinajstić information content (AvgIpc) is 3.06. The van der Waals surface area contributed by atoms with Crippen molar-refractivity contribution in [3.63, 3.8) is 0 Å². The Labute approximate surface area is 173 Å². The van der Waals surface area contributed by atoms with E-state index in [1.165, 1.54) is 0 Å². The lowest BCUT2D eigenvalue weighted by Crippen LogP contribution is -2.57. The highest BCUT2D eigenvalue weighted by atomic mass is 16.2. The Balaban J connectivity index is 1.98. The topological polar surface area (TPSA) is 74.6 Å². The summed E-state index contributed by atoms with van der Waals surface area (Å²) in [5.74, 6) is 0.212. The first-order chi connectivity index (χ1) is 14.0. The number of amides is 1. The van der Waals surface area contributed by atoms with E-state index in [1.807, 2.05) is 54.1 Å². The second kappa shape index (κ2) is 8.58. The second-order valence-corrected chi connectivity index (χ2v) is 7.82. The van der Waals surface area contributed by atoms with E-state index >= 15 is 0 Å². The van der Waals surface area contributed by atoms with Crippen LogP contribution < -0.4 is 20.4 Å². The van der Waals surface area contributed by atoms with Gasteiger partial charge in [0.15, 0.2) is 0 Å². The Kier molecular flexibility index (Phi) is 6.14. The van der Waals surface area contributed by atoms with Gasteiger partial charge in [-0.05, 0) is 43.3 Å². The molecule has 3 rings (SSSR count). The minimum atomic E-state index is -0.337. The van der Waals surface area contributed by atoms with Gasteiger partial charge in [0.25, 0.3) is 0 Å². The number of nitrogens with zero attached hydrogens (tertiary/aromatic N) is 4. The molecule has 0 aromatic heterocycles. The number of carbonyl (C=O) groups excluding carboxylic acids is 1. The fourth-order valence-corrected chi connectivity index (χ4v) is 3.91. The highest BCUT2D eigenvalue weighted by Gasteiger charge is 2.51. The third-order valence-electron chi connectivity index (χ3n) is 5.83. The molecule has 2 fully saturated rings. The van der Waals surface area contributed by atoms with E-state index in [1.54, 1.807) is 12.4 Å². The summed E-state index contributed by atoms with van der Waals surface area (Å²) in [6, 6.07) is 8.04. The van der Waals surface area contributed by atoms with Crippen LogP contribution in [0.3, 0.4) is 0 Å². The number of anilines is 2. The highest BCUT2D eigenvalue weighted by Crippen LogP contribution is 2.39. The molecule has 1 atom stereocenters. The SMILES string of the molecule is C=CN(C)Cc1cc(N2CCC3(CNC3)C2=O)ccc1N(/C=C\NC)C(C)C#N. The molecule has 2 N–H and O–H groups in total.